The standard InChI is InChI=1S/C12H20N6O2/c1-8-6-17(7-10(8)16(2)3)12-9(18(19)20)4-5-11(14-12)15-13/h4-5,8,10H,6-7,13H2,1-3H3,(H,14,15). The summed E-state index contributed by atoms with van der Waals surface area (Å²) in [6.07, 6.45) is 0. The molecule has 2 heterocycles. The predicted molar refractivity (Wildman–Crippen MR) is 77.6 cm³/mol. The first-order chi connectivity index (χ1) is 9.43. The summed E-state index contributed by atoms with van der Waals surface area (Å²) >= 11 is 0. The zero-order valence-electron chi connectivity index (χ0n) is 11.9. The van der Waals surface area contributed by atoms with Crippen LogP contribution >= 0.6 is 0 Å². The molecule has 0 radical (unpaired) electrons. The molecule has 8 nitrogen and oxygen atoms in total. The van der Waals surface area contributed by atoms with E-state index in [1.807, 2.05) is 19.0 Å². The number of aromatic nitrogens is 1. The van der Waals surface area contributed by atoms with Gasteiger partial charge in [-0.2, -0.15) is 0 Å². The van der Waals surface area contributed by atoms with E-state index >= 15 is 0 Å². The Hall–Kier alpha value is -1.93. The number of hydrogen-bond acceptors (Lipinski definition) is 7. The van der Waals surface area contributed by atoms with Crippen molar-refractivity contribution in [2.75, 3.05) is 37.5 Å². The highest BCUT2D eigenvalue weighted by atomic mass is 16.6. The Kier molecular flexibility index (Phi) is 4.05. The van der Waals surface area contributed by atoms with E-state index in [4.69, 9.17) is 5.84 Å². The predicted octanol–water partition coefficient (Wildman–Crippen LogP) is 0.662. The van der Waals surface area contributed by atoms with Gasteiger partial charge in [-0.15, -0.1) is 0 Å². The number of nitrogen functional groups attached to an aromatic ring is 1. The molecule has 2 unspecified atom stereocenters. The number of pyridine rings is 1. The number of nitrogens with zero attached hydrogens (tertiary/aromatic N) is 4. The van der Waals surface area contributed by atoms with E-state index in [2.05, 4.69) is 22.2 Å². The molecule has 8 heteroatoms. The Morgan fingerprint density at radius 3 is 2.70 bits per heavy atom. The van der Waals surface area contributed by atoms with Gasteiger partial charge in [0.2, 0.25) is 5.82 Å². The number of hydrazine groups is 1. The van der Waals surface area contributed by atoms with Crippen LogP contribution in [0.15, 0.2) is 12.1 Å². The van der Waals surface area contributed by atoms with Crippen molar-refractivity contribution in [2.24, 2.45) is 11.8 Å². The molecule has 0 amide bonds. The fourth-order valence-corrected chi connectivity index (χ4v) is 2.69. The average molecular weight is 280 g/mol. The number of anilines is 2. The lowest BCUT2D eigenvalue weighted by molar-refractivity contribution is -0.384. The van der Waals surface area contributed by atoms with Crippen molar-refractivity contribution in [2.45, 2.75) is 13.0 Å². The maximum Gasteiger partial charge on any atom is 0.311 e. The zero-order valence-corrected chi connectivity index (χ0v) is 11.9. The van der Waals surface area contributed by atoms with E-state index in [1.54, 1.807) is 0 Å². The summed E-state index contributed by atoms with van der Waals surface area (Å²) in [7, 11) is 4.04. The second-order valence-electron chi connectivity index (χ2n) is 5.35. The smallest absolute Gasteiger partial charge is 0.311 e. The normalized spacial score (nSPS) is 22.4. The van der Waals surface area contributed by atoms with Crippen LogP contribution in [-0.4, -0.2) is 48.0 Å². The van der Waals surface area contributed by atoms with Crippen LogP contribution in [0.25, 0.3) is 0 Å². The summed E-state index contributed by atoms with van der Waals surface area (Å²) in [6, 6.07) is 3.29. The van der Waals surface area contributed by atoms with Crippen LogP contribution in [0, 0.1) is 16.0 Å². The number of nitrogens with one attached hydrogen (secondary N) is 1. The minimum Gasteiger partial charge on any atom is -0.349 e. The molecular formula is C12H20N6O2. The number of nitro groups is 1. The van der Waals surface area contributed by atoms with Crippen LogP contribution in [-0.2, 0) is 0 Å². The molecule has 2 atom stereocenters. The van der Waals surface area contributed by atoms with Gasteiger partial charge in [0.15, 0.2) is 0 Å². The molecule has 1 aromatic heterocycles. The summed E-state index contributed by atoms with van der Waals surface area (Å²) in [5.41, 5.74) is 2.44. The minimum absolute atomic E-state index is 0.00982. The third-order valence-electron chi connectivity index (χ3n) is 3.73. The number of likely N-dealkylation sites (N-methyl/N-ethyl adjacent to an activating group) is 1. The second kappa shape index (κ2) is 5.59. The highest BCUT2D eigenvalue weighted by Gasteiger charge is 2.34. The first-order valence-corrected chi connectivity index (χ1v) is 6.47. The van der Waals surface area contributed by atoms with Crippen LogP contribution in [0.1, 0.15) is 6.92 Å². The summed E-state index contributed by atoms with van der Waals surface area (Å²) in [5.74, 6) is 6.55. The molecule has 0 aliphatic carbocycles. The molecule has 0 spiro atoms. The lowest BCUT2D eigenvalue weighted by atomic mass is 10.1. The van der Waals surface area contributed by atoms with Crippen molar-refractivity contribution in [3.63, 3.8) is 0 Å². The molecule has 0 bridgehead atoms. The molecule has 3 N–H and O–H groups in total. The van der Waals surface area contributed by atoms with Crippen molar-refractivity contribution in [3.8, 4) is 0 Å². The third kappa shape index (κ3) is 2.66. The summed E-state index contributed by atoms with van der Waals surface area (Å²) in [6.45, 7) is 3.60. The van der Waals surface area contributed by atoms with E-state index in [9.17, 15) is 10.1 Å². The Morgan fingerprint density at radius 1 is 1.50 bits per heavy atom. The molecule has 110 valence electrons. The molecule has 0 saturated carbocycles. The third-order valence-corrected chi connectivity index (χ3v) is 3.73. The van der Waals surface area contributed by atoms with E-state index in [-0.39, 0.29) is 5.69 Å². The largest absolute Gasteiger partial charge is 0.349 e. The molecule has 1 aromatic rings. The monoisotopic (exact) mass is 280 g/mol. The summed E-state index contributed by atoms with van der Waals surface area (Å²) < 4.78 is 0. The van der Waals surface area contributed by atoms with Crippen molar-refractivity contribution in [1.29, 1.82) is 0 Å². The van der Waals surface area contributed by atoms with Crippen LogP contribution in [0.5, 0.6) is 0 Å². The summed E-state index contributed by atoms with van der Waals surface area (Å²) in [4.78, 5) is 19.1. The first kappa shape index (κ1) is 14.5. The number of hydrogen-bond donors (Lipinski definition) is 2. The quantitative estimate of drug-likeness (QED) is 0.474. The SMILES string of the molecule is CC1CN(c2nc(NN)ccc2[N+](=O)[O-])CC1N(C)C. The maximum absolute atomic E-state index is 11.2. The van der Waals surface area contributed by atoms with Gasteiger partial charge in [0.1, 0.15) is 5.82 Å². The van der Waals surface area contributed by atoms with Gasteiger partial charge in [0, 0.05) is 25.2 Å². The topological polar surface area (TPSA) is 101 Å². The second-order valence-corrected chi connectivity index (χ2v) is 5.35. The maximum atomic E-state index is 11.2. The van der Waals surface area contributed by atoms with Crippen LogP contribution < -0.4 is 16.2 Å². The van der Waals surface area contributed by atoms with Crippen LogP contribution in [0.4, 0.5) is 17.3 Å². The Balaban J connectivity index is 2.34. The molecular weight excluding hydrogens is 260 g/mol. The Labute approximate surface area is 117 Å². The van der Waals surface area contributed by atoms with Gasteiger partial charge in [0.25, 0.3) is 0 Å². The fraction of sp³-hybridized carbons (Fsp3) is 0.583. The molecule has 1 aliphatic heterocycles. The molecule has 1 saturated heterocycles. The number of rotatable bonds is 4. The van der Waals surface area contributed by atoms with Gasteiger partial charge in [-0.05, 0) is 26.1 Å². The van der Waals surface area contributed by atoms with E-state index in [0.717, 1.165) is 13.1 Å². The average Bonchev–Trinajstić information content (AvgIpc) is 2.80. The summed E-state index contributed by atoms with van der Waals surface area (Å²) in [5, 5.41) is 11.2. The van der Waals surface area contributed by atoms with Crippen molar-refractivity contribution < 1.29 is 4.92 Å². The first-order valence-electron chi connectivity index (χ1n) is 6.47. The van der Waals surface area contributed by atoms with Gasteiger partial charge in [-0.25, -0.2) is 10.8 Å². The highest BCUT2D eigenvalue weighted by molar-refractivity contribution is 5.62. The van der Waals surface area contributed by atoms with Gasteiger partial charge in [-0.3, -0.25) is 10.1 Å². The lowest BCUT2D eigenvalue weighted by Crippen LogP contribution is -2.34. The van der Waals surface area contributed by atoms with Crippen molar-refractivity contribution in [3.05, 3.63) is 22.2 Å². The molecule has 0 aromatic carbocycles. The van der Waals surface area contributed by atoms with Crippen LogP contribution in [0.3, 0.4) is 0 Å². The molecule has 20 heavy (non-hydrogen) atoms. The van der Waals surface area contributed by atoms with Gasteiger partial charge < -0.3 is 15.2 Å². The van der Waals surface area contributed by atoms with E-state index in [0.29, 0.717) is 23.6 Å². The fourth-order valence-electron chi connectivity index (χ4n) is 2.69. The molecule has 2 rings (SSSR count). The van der Waals surface area contributed by atoms with Crippen molar-refractivity contribution >= 4 is 17.3 Å². The van der Waals surface area contributed by atoms with Crippen LogP contribution in [0.2, 0.25) is 0 Å². The van der Waals surface area contributed by atoms with Crippen molar-refractivity contribution in [1.82, 2.24) is 9.88 Å². The highest BCUT2D eigenvalue weighted by Crippen LogP contribution is 2.32. The minimum atomic E-state index is -0.406. The van der Waals surface area contributed by atoms with E-state index in [1.165, 1.54) is 12.1 Å². The Morgan fingerprint density at radius 2 is 2.20 bits per heavy atom. The number of nitrogens with two attached hydrogens (primary N) is 1. The van der Waals surface area contributed by atoms with Gasteiger partial charge in [-0.1, -0.05) is 6.92 Å². The Bertz CT molecular complexity index is 507. The zero-order chi connectivity index (χ0) is 14.9. The lowest BCUT2D eigenvalue weighted by Gasteiger charge is -2.22. The molecule has 1 fully saturated rings. The van der Waals surface area contributed by atoms with Gasteiger partial charge >= 0.3 is 5.69 Å². The van der Waals surface area contributed by atoms with E-state index < -0.39 is 4.92 Å². The molecule has 1 aliphatic rings. The van der Waals surface area contributed by atoms with Gasteiger partial charge in [0.05, 0.1) is 4.92 Å².